The Morgan fingerprint density at radius 3 is 2.43 bits per heavy atom. The number of hydrogen-bond acceptors (Lipinski definition) is 3. The lowest BCUT2D eigenvalue weighted by Crippen LogP contribution is -2.53. The van der Waals surface area contributed by atoms with Crippen LogP contribution < -0.4 is 11.1 Å². The molecule has 1 aromatic rings. The van der Waals surface area contributed by atoms with Crippen LogP contribution in [0.4, 0.5) is 11.4 Å². The van der Waals surface area contributed by atoms with Gasteiger partial charge in [-0.15, -0.1) is 0 Å². The molecule has 2 aliphatic rings. The first-order valence-corrected chi connectivity index (χ1v) is 9.41. The molecule has 1 aliphatic carbocycles. The summed E-state index contributed by atoms with van der Waals surface area (Å²) in [5.74, 6) is 0.912. The molecule has 0 bridgehead atoms. The Kier molecular flexibility index (Phi) is 5.07. The van der Waals surface area contributed by atoms with Gasteiger partial charge in [-0.25, -0.2) is 0 Å². The summed E-state index contributed by atoms with van der Waals surface area (Å²) in [6.07, 6.45) is 7.86. The number of rotatable bonds is 3. The van der Waals surface area contributed by atoms with Gasteiger partial charge < -0.3 is 11.1 Å². The largest absolute Gasteiger partial charge is 0.397 e. The van der Waals surface area contributed by atoms with Gasteiger partial charge in [0.1, 0.15) is 0 Å². The summed E-state index contributed by atoms with van der Waals surface area (Å²) in [5, 5.41) is 4.31. The van der Waals surface area contributed by atoms with Crippen molar-refractivity contribution in [1.29, 1.82) is 0 Å². The predicted octanol–water partition coefficient (Wildman–Crippen LogP) is 4.77. The SMILES string of the molecule is C[C@H]1CC[C@](C)(N2CCC(Nc3ccc(Cl)cc3N)CC2)CC1. The molecular formula is C19H30ClN3. The summed E-state index contributed by atoms with van der Waals surface area (Å²) in [4.78, 5) is 2.74. The average Bonchev–Trinajstić information content (AvgIpc) is 2.54. The van der Waals surface area contributed by atoms with Crippen LogP contribution >= 0.6 is 11.6 Å². The van der Waals surface area contributed by atoms with Crippen molar-refractivity contribution in [3.63, 3.8) is 0 Å². The Balaban J connectivity index is 1.54. The van der Waals surface area contributed by atoms with Crippen LogP contribution in [0.2, 0.25) is 5.02 Å². The van der Waals surface area contributed by atoms with E-state index in [1.165, 1.54) is 51.6 Å². The zero-order valence-electron chi connectivity index (χ0n) is 14.4. The van der Waals surface area contributed by atoms with Crippen molar-refractivity contribution in [2.75, 3.05) is 24.1 Å². The molecule has 4 heteroatoms. The van der Waals surface area contributed by atoms with E-state index in [1.807, 2.05) is 18.2 Å². The van der Waals surface area contributed by atoms with Crippen LogP contribution in [0.5, 0.6) is 0 Å². The molecule has 0 atom stereocenters. The number of benzene rings is 1. The Morgan fingerprint density at radius 2 is 1.83 bits per heavy atom. The molecule has 0 amide bonds. The van der Waals surface area contributed by atoms with Gasteiger partial charge in [-0.05, 0) is 69.6 Å². The lowest BCUT2D eigenvalue weighted by atomic mass is 9.76. The predicted molar refractivity (Wildman–Crippen MR) is 100 cm³/mol. The molecule has 3 N–H and O–H groups in total. The molecule has 1 aromatic carbocycles. The van der Waals surface area contributed by atoms with E-state index < -0.39 is 0 Å². The van der Waals surface area contributed by atoms with Gasteiger partial charge >= 0.3 is 0 Å². The second-order valence-corrected chi connectivity index (χ2v) is 8.25. The van der Waals surface area contributed by atoms with E-state index in [0.717, 1.165) is 17.3 Å². The summed E-state index contributed by atoms with van der Waals surface area (Å²) < 4.78 is 0. The Morgan fingerprint density at radius 1 is 1.17 bits per heavy atom. The lowest BCUT2D eigenvalue weighted by molar-refractivity contribution is 0.0350. The third-order valence-electron chi connectivity index (χ3n) is 5.98. The highest BCUT2D eigenvalue weighted by molar-refractivity contribution is 6.31. The van der Waals surface area contributed by atoms with Gasteiger partial charge in [0.05, 0.1) is 11.4 Å². The van der Waals surface area contributed by atoms with Crippen LogP contribution in [0.1, 0.15) is 52.4 Å². The molecule has 0 radical (unpaired) electrons. The van der Waals surface area contributed by atoms with Crippen molar-refractivity contribution in [3.8, 4) is 0 Å². The quantitative estimate of drug-likeness (QED) is 0.782. The number of nitrogen functional groups attached to an aromatic ring is 1. The van der Waals surface area contributed by atoms with Crippen molar-refractivity contribution >= 4 is 23.0 Å². The van der Waals surface area contributed by atoms with Crippen molar-refractivity contribution in [3.05, 3.63) is 23.2 Å². The fourth-order valence-electron chi connectivity index (χ4n) is 4.15. The molecule has 3 nitrogen and oxygen atoms in total. The fourth-order valence-corrected chi connectivity index (χ4v) is 4.33. The number of piperidine rings is 1. The molecule has 2 fully saturated rings. The van der Waals surface area contributed by atoms with Crippen molar-refractivity contribution in [2.24, 2.45) is 5.92 Å². The minimum absolute atomic E-state index is 0.427. The summed E-state index contributed by atoms with van der Waals surface area (Å²) in [6, 6.07) is 6.23. The first kappa shape index (κ1) is 16.9. The van der Waals surface area contributed by atoms with E-state index >= 15 is 0 Å². The van der Waals surface area contributed by atoms with E-state index in [1.54, 1.807) is 0 Å². The molecule has 0 spiro atoms. The number of likely N-dealkylation sites (tertiary alicyclic amines) is 1. The lowest BCUT2D eigenvalue weighted by Gasteiger charge is -2.48. The molecule has 0 aromatic heterocycles. The maximum absolute atomic E-state index is 6.06. The highest BCUT2D eigenvalue weighted by atomic mass is 35.5. The van der Waals surface area contributed by atoms with Gasteiger partial charge in [0.15, 0.2) is 0 Å². The Bertz CT molecular complexity index is 529. The Hall–Kier alpha value is -0.930. The van der Waals surface area contributed by atoms with Crippen LogP contribution in [-0.2, 0) is 0 Å². The van der Waals surface area contributed by atoms with Crippen LogP contribution in [0.3, 0.4) is 0 Å². The van der Waals surface area contributed by atoms with Gasteiger partial charge in [0.2, 0.25) is 0 Å². The third-order valence-corrected chi connectivity index (χ3v) is 6.22. The topological polar surface area (TPSA) is 41.3 Å². The van der Waals surface area contributed by atoms with Crippen LogP contribution in [0.25, 0.3) is 0 Å². The van der Waals surface area contributed by atoms with Gasteiger partial charge in [-0.3, -0.25) is 4.90 Å². The maximum Gasteiger partial charge on any atom is 0.0577 e. The van der Waals surface area contributed by atoms with Crippen molar-refractivity contribution in [1.82, 2.24) is 4.90 Å². The van der Waals surface area contributed by atoms with E-state index in [9.17, 15) is 0 Å². The molecule has 0 unspecified atom stereocenters. The van der Waals surface area contributed by atoms with E-state index in [0.29, 0.717) is 16.6 Å². The number of nitrogens with two attached hydrogens (primary N) is 1. The summed E-state index contributed by atoms with van der Waals surface area (Å²) in [5.41, 5.74) is 8.25. The van der Waals surface area contributed by atoms with Crippen LogP contribution in [0, 0.1) is 5.92 Å². The molecule has 128 valence electrons. The summed E-state index contributed by atoms with van der Waals surface area (Å²) >= 11 is 5.98. The molecule has 1 saturated carbocycles. The maximum atomic E-state index is 6.06. The number of nitrogens with one attached hydrogen (secondary N) is 1. The fraction of sp³-hybridized carbons (Fsp3) is 0.684. The number of halogens is 1. The standard InChI is InChI=1S/C19H30ClN3/c1-14-5-9-19(2,10-6-14)23-11-7-16(8-12-23)22-18-4-3-15(20)13-17(18)21/h3-4,13-14,16,22H,5-12,21H2,1-2H3/t14-,19-. The molecule has 1 aliphatic heterocycles. The summed E-state index contributed by atoms with van der Waals surface area (Å²) in [6.45, 7) is 7.25. The normalized spacial score (nSPS) is 30.3. The highest BCUT2D eigenvalue weighted by Crippen LogP contribution is 2.37. The monoisotopic (exact) mass is 335 g/mol. The molecule has 1 heterocycles. The van der Waals surface area contributed by atoms with Crippen molar-refractivity contribution in [2.45, 2.75) is 64.0 Å². The highest BCUT2D eigenvalue weighted by Gasteiger charge is 2.36. The molecule has 1 saturated heterocycles. The molecule has 23 heavy (non-hydrogen) atoms. The molecular weight excluding hydrogens is 306 g/mol. The Labute approximate surface area is 145 Å². The smallest absolute Gasteiger partial charge is 0.0577 e. The van der Waals surface area contributed by atoms with Gasteiger partial charge in [0.25, 0.3) is 0 Å². The van der Waals surface area contributed by atoms with Crippen LogP contribution in [-0.4, -0.2) is 29.6 Å². The van der Waals surface area contributed by atoms with E-state index in [2.05, 4.69) is 24.1 Å². The number of nitrogens with zero attached hydrogens (tertiary/aromatic N) is 1. The average molecular weight is 336 g/mol. The second-order valence-electron chi connectivity index (χ2n) is 7.82. The number of anilines is 2. The first-order valence-electron chi connectivity index (χ1n) is 9.03. The minimum atomic E-state index is 0.427. The third kappa shape index (κ3) is 3.95. The molecule has 3 rings (SSSR count). The summed E-state index contributed by atoms with van der Waals surface area (Å²) in [7, 11) is 0. The first-order chi connectivity index (χ1) is 11.0. The van der Waals surface area contributed by atoms with Crippen LogP contribution in [0.15, 0.2) is 18.2 Å². The van der Waals surface area contributed by atoms with E-state index in [-0.39, 0.29) is 0 Å². The van der Waals surface area contributed by atoms with Crippen molar-refractivity contribution < 1.29 is 0 Å². The zero-order valence-corrected chi connectivity index (χ0v) is 15.2. The van der Waals surface area contributed by atoms with E-state index in [4.69, 9.17) is 17.3 Å². The number of hydrogen-bond donors (Lipinski definition) is 2. The van der Waals surface area contributed by atoms with Gasteiger partial charge in [-0.1, -0.05) is 18.5 Å². The second kappa shape index (κ2) is 6.90. The van der Waals surface area contributed by atoms with Gasteiger partial charge in [-0.2, -0.15) is 0 Å². The minimum Gasteiger partial charge on any atom is -0.397 e. The van der Waals surface area contributed by atoms with Gasteiger partial charge in [0, 0.05) is 29.7 Å². The zero-order chi connectivity index (χ0) is 16.4.